The molecule has 0 bridgehead atoms. The first-order valence-corrected chi connectivity index (χ1v) is 9.94. The topological polar surface area (TPSA) is 75.7 Å². The fraction of sp³-hybridized carbons (Fsp3) is 0.316. The van der Waals surface area contributed by atoms with Gasteiger partial charge in [0.1, 0.15) is 11.6 Å². The minimum atomic E-state index is -3.68. The Kier molecular flexibility index (Phi) is 6.56. The maximum atomic E-state index is 13.5. The minimum Gasteiger partial charge on any atom is -0.496 e. The van der Waals surface area contributed by atoms with Gasteiger partial charge in [0.2, 0.25) is 10.0 Å². The first-order valence-electron chi connectivity index (χ1n) is 8.50. The van der Waals surface area contributed by atoms with Crippen LogP contribution in [-0.2, 0) is 10.0 Å². The Balaban J connectivity index is 2.39. The summed E-state index contributed by atoms with van der Waals surface area (Å²) in [4.78, 5) is 12.6. The largest absolute Gasteiger partial charge is 0.496 e. The lowest BCUT2D eigenvalue weighted by Gasteiger charge is -2.20. The predicted molar refractivity (Wildman–Crippen MR) is 102 cm³/mol. The van der Waals surface area contributed by atoms with Gasteiger partial charge in [0.15, 0.2) is 0 Å². The molecule has 1 N–H and O–H groups in total. The van der Waals surface area contributed by atoms with Gasteiger partial charge in [-0.05, 0) is 42.8 Å². The van der Waals surface area contributed by atoms with Gasteiger partial charge in [-0.1, -0.05) is 19.9 Å². The number of halogens is 1. The maximum Gasteiger partial charge on any atom is 0.259 e. The summed E-state index contributed by atoms with van der Waals surface area (Å²) in [5.41, 5.74) is 0.886. The number of hydrogen-bond acceptors (Lipinski definition) is 4. The highest BCUT2D eigenvalue weighted by atomic mass is 32.2. The molecule has 0 aliphatic heterocycles. The van der Waals surface area contributed by atoms with Gasteiger partial charge in [0.25, 0.3) is 5.91 Å². The molecule has 0 fully saturated rings. The van der Waals surface area contributed by atoms with E-state index >= 15 is 0 Å². The molecular weight excluding hydrogens is 371 g/mol. The predicted octanol–water partition coefficient (Wildman–Crippen LogP) is 3.43. The molecule has 146 valence electrons. The number of amides is 1. The van der Waals surface area contributed by atoms with Crippen LogP contribution in [0.2, 0.25) is 0 Å². The van der Waals surface area contributed by atoms with Crippen molar-refractivity contribution >= 4 is 21.6 Å². The van der Waals surface area contributed by atoms with E-state index in [4.69, 9.17) is 4.74 Å². The highest BCUT2D eigenvalue weighted by molar-refractivity contribution is 7.89. The molecular formula is C19H23FN2O4S. The summed E-state index contributed by atoms with van der Waals surface area (Å²) in [6.45, 7) is 5.90. The summed E-state index contributed by atoms with van der Waals surface area (Å²) in [7, 11) is -2.30. The van der Waals surface area contributed by atoms with Crippen LogP contribution < -0.4 is 10.1 Å². The van der Waals surface area contributed by atoms with Crippen molar-refractivity contribution in [2.75, 3.05) is 25.5 Å². The zero-order valence-electron chi connectivity index (χ0n) is 15.7. The molecule has 2 aromatic rings. The van der Waals surface area contributed by atoms with Crippen molar-refractivity contribution in [2.45, 2.75) is 25.7 Å². The number of nitrogens with one attached hydrogen (secondary N) is 1. The van der Waals surface area contributed by atoms with E-state index in [1.54, 1.807) is 32.9 Å². The van der Waals surface area contributed by atoms with E-state index in [1.165, 1.54) is 29.6 Å². The van der Waals surface area contributed by atoms with Crippen molar-refractivity contribution in [1.29, 1.82) is 0 Å². The van der Waals surface area contributed by atoms with Crippen molar-refractivity contribution in [2.24, 2.45) is 0 Å². The molecule has 0 aliphatic carbocycles. The van der Waals surface area contributed by atoms with Crippen LogP contribution in [0.3, 0.4) is 0 Å². The quantitative estimate of drug-likeness (QED) is 0.781. The smallest absolute Gasteiger partial charge is 0.259 e. The highest BCUT2D eigenvalue weighted by Crippen LogP contribution is 2.25. The Labute approximate surface area is 159 Å². The number of anilines is 1. The number of rotatable bonds is 7. The van der Waals surface area contributed by atoms with Crippen LogP contribution in [-0.4, -0.2) is 38.8 Å². The van der Waals surface area contributed by atoms with Gasteiger partial charge in [-0.25, -0.2) is 12.8 Å². The lowest BCUT2D eigenvalue weighted by atomic mass is 10.1. The number of benzene rings is 2. The number of hydrogen-bond donors (Lipinski definition) is 1. The third-order valence-electron chi connectivity index (χ3n) is 4.18. The molecule has 0 spiro atoms. The zero-order valence-corrected chi connectivity index (χ0v) is 16.6. The van der Waals surface area contributed by atoms with Gasteiger partial charge in [-0.2, -0.15) is 4.31 Å². The Morgan fingerprint density at radius 3 is 2.41 bits per heavy atom. The second kappa shape index (κ2) is 8.49. The molecule has 2 rings (SSSR count). The van der Waals surface area contributed by atoms with E-state index in [9.17, 15) is 17.6 Å². The molecule has 0 saturated heterocycles. The van der Waals surface area contributed by atoms with Crippen LogP contribution >= 0.6 is 0 Å². The number of nitrogens with zero attached hydrogens (tertiary/aromatic N) is 1. The summed E-state index contributed by atoms with van der Waals surface area (Å²) in [6, 6.07) is 8.24. The number of sulfonamides is 1. The van der Waals surface area contributed by atoms with Crippen molar-refractivity contribution in [3.8, 4) is 5.75 Å². The first kappa shape index (κ1) is 20.9. The van der Waals surface area contributed by atoms with Crippen molar-refractivity contribution < 1.29 is 22.3 Å². The Morgan fingerprint density at radius 1 is 1.15 bits per heavy atom. The summed E-state index contributed by atoms with van der Waals surface area (Å²) in [5, 5.41) is 2.61. The van der Waals surface area contributed by atoms with Crippen LogP contribution in [0, 0.1) is 12.7 Å². The van der Waals surface area contributed by atoms with Crippen molar-refractivity contribution in [3.05, 3.63) is 53.3 Å². The molecule has 8 heteroatoms. The van der Waals surface area contributed by atoms with Crippen LogP contribution in [0.5, 0.6) is 5.75 Å². The highest BCUT2D eigenvalue weighted by Gasteiger charge is 2.24. The van der Waals surface area contributed by atoms with E-state index in [1.807, 2.05) is 0 Å². The van der Waals surface area contributed by atoms with E-state index in [-0.39, 0.29) is 16.2 Å². The number of carbonyl (C=O) groups excluding carboxylic acids is 1. The zero-order chi connectivity index (χ0) is 20.2. The molecule has 0 unspecified atom stereocenters. The van der Waals surface area contributed by atoms with Gasteiger partial charge in [0.05, 0.1) is 17.6 Å². The molecule has 0 aliphatic rings. The summed E-state index contributed by atoms with van der Waals surface area (Å²) < 4.78 is 45.6. The Hall–Kier alpha value is -2.45. The van der Waals surface area contributed by atoms with E-state index in [0.717, 1.165) is 6.07 Å². The fourth-order valence-corrected chi connectivity index (χ4v) is 4.42. The second-order valence-corrected chi connectivity index (χ2v) is 7.77. The average Bonchev–Trinajstić information content (AvgIpc) is 2.63. The monoisotopic (exact) mass is 394 g/mol. The Bertz CT molecular complexity index is 941. The van der Waals surface area contributed by atoms with Gasteiger partial charge in [-0.3, -0.25) is 4.79 Å². The molecule has 0 aromatic heterocycles. The van der Waals surface area contributed by atoms with E-state index < -0.39 is 21.7 Å². The average molecular weight is 394 g/mol. The number of ether oxygens (including phenoxy) is 1. The molecule has 6 nitrogen and oxygen atoms in total. The normalized spacial score (nSPS) is 11.5. The molecule has 0 saturated carbocycles. The standard InChI is InChI=1S/C19H23FN2O4S/c1-5-22(6-2)27(24,25)18-12-15(9-7-13(18)3)21-19(23)16-11-14(20)8-10-17(16)26-4/h7-12H,5-6H2,1-4H3,(H,21,23). The summed E-state index contributed by atoms with van der Waals surface area (Å²) >= 11 is 0. The molecule has 2 aromatic carbocycles. The summed E-state index contributed by atoms with van der Waals surface area (Å²) in [6.07, 6.45) is 0. The van der Waals surface area contributed by atoms with E-state index in [0.29, 0.717) is 24.3 Å². The lowest BCUT2D eigenvalue weighted by molar-refractivity contribution is 0.102. The molecule has 0 atom stereocenters. The van der Waals surface area contributed by atoms with E-state index in [2.05, 4.69) is 5.32 Å². The minimum absolute atomic E-state index is 0.0197. The molecule has 0 heterocycles. The van der Waals surface area contributed by atoms with Gasteiger partial charge in [-0.15, -0.1) is 0 Å². The summed E-state index contributed by atoms with van der Waals surface area (Å²) in [5.74, 6) is -0.951. The van der Waals surface area contributed by atoms with Crippen molar-refractivity contribution in [3.63, 3.8) is 0 Å². The molecule has 1 amide bonds. The lowest BCUT2D eigenvalue weighted by Crippen LogP contribution is -2.31. The molecule has 27 heavy (non-hydrogen) atoms. The maximum absolute atomic E-state index is 13.5. The van der Waals surface area contributed by atoms with Gasteiger partial charge < -0.3 is 10.1 Å². The fourth-order valence-electron chi connectivity index (χ4n) is 2.71. The number of aryl methyl sites for hydroxylation is 1. The SMILES string of the molecule is CCN(CC)S(=O)(=O)c1cc(NC(=O)c2cc(F)ccc2OC)ccc1C. The van der Waals surface area contributed by atoms with Gasteiger partial charge >= 0.3 is 0 Å². The van der Waals surface area contributed by atoms with Crippen LogP contribution in [0.1, 0.15) is 29.8 Å². The number of methoxy groups -OCH3 is 1. The third-order valence-corrected chi connectivity index (χ3v) is 6.37. The Morgan fingerprint density at radius 2 is 1.81 bits per heavy atom. The van der Waals surface area contributed by atoms with Gasteiger partial charge in [0, 0.05) is 18.8 Å². The van der Waals surface area contributed by atoms with Crippen molar-refractivity contribution in [1.82, 2.24) is 4.31 Å². The van der Waals surface area contributed by atoms with Crippen LogP contribution in [0.25, 0.3) is 0 Å². The number of carbonyl (C=O) groups is 1. The van der Waals surface area contributed by atoms with Crippen LogP contribution in [0.15, 0.2) is 41.3 Å². The third kappa shape index (κ3) is 4.45. The van der Waals surface area contributed by atoms with Crippen LogP contribution in [0.4, 0.5) is 10.1 Å². The second-order valence-electron chi connectivity index (χ2n) is 5.87. The molecule has 0 radical (unpaired) electrons. The first-order chi connectivity index (χ1) is 12.7.